The lowest BCUT2D eigenvalue weighted by Gasteiger charge is -2.14. The van der Waals surface area contributed by atoms with Crippen molar-refractivity contribution in [2.45, 2.75) is 117 Å². The normalized spacial score (nSPS) is 11.9. The van der Waals surface area contributed by atoms with E-state index in [4.69, 9.17) is 5.11 Å². The van der Waals surface area contributed by atoms with E-state index in [0.29, 0.717) is 0 Å². The van der Waals surface area contributed by atoms with Gasteiger partial charge in [-0.05, 0) is 12.3 Å². The number of carboxylic acid groups (broad SMARTS) is 1. The minimum Gasteiger partial charge on any atom is -0.481 e. The Morgan fingerprint density at radius 2 is 1.22 bits per heavy atom. The van der Waals surface area contributed by atoms with Crippen LogP contribution in [0.25, 0.3) is 0 Å². The third-order valence-electron chi connectivity index (χ3n) is 5.06. The fourth-order valence-corrected chi connectivity index (χ4v) is 3.26. The summed E-state index contributed by atoms with van der Waals surface area (Å²) in [6.07, 6.45) is 15.7. The lowest BCUT2D eigenvalue weighted by atomic mass is 9.92. The van der Waals surface area contributed by atoms with Crippen LogP contribution in [0.1, 0.15) is 117 Å². The molecule has 1 N–H and O–H groups in total. The molecule has 0 aliphatic carbocycles. The lowest BCUT2D eigenvalue weighted by Crippen LogP contribution is -2.13. The van der Waals surface area contributed by atoms with Crippen LogP contribution in [0.15, 0.2) is 0 Å². The lowest BCUT2D eigenvalue weighted by molar-refractivity contribution is -0.161. The molecule has 0 rings (SSSR count). The quantitative estimate of drug-likeness (QED) is 0.177. The van der Waals surface area contributed by atoms with Gasteiger partial charge < -0.3 is 9.84 Å². The van der Waals surface area contributed by atoms with Gasteiger partial charge in [-0.15, -0.1) is 0 Å². The Balaban J connectivity index is 3.62. The molecule has 0 aromatic carbocycles. The van der Waals surface area contributed by atoms with Crippen molar-refractivity contribution in [1.82, 2.24) is 0 Å². The van der Waals surface area contributed by atoms with Crippen LogP contribution < -0.4 is 0 Å². The Hall–Kier alpha value is -1.39. The van der Waals surface area contributed by atoms with Gasteiger partial charge in [0, 0.05) is 6.42 Å². The molecule has 0 amide bonds. The molecule has 158 valence electrons. The average Bonchev–Trinajstić information content (AvgIpc) is 2.63. The van der Waals surface area contributed by atoms with Gasteiger partial charge in [-0.3, -0.25) is 14.4 Å². The van der Waals surface area contributed by atoms with Crippen molar-refractivity contribution in [2.24, 2.45) is 5.92 Å². The van der Waals surface area contributed by atoms with Gasteiger partial charge in [-0.2, -0.15) is 0 Å². The predicted molar refractivity (Wildman–Crippen MR) is 107 cm³/mol. The highest BCUT2D eigenvalue weighted by Gasteiger charge is 2.12. The van der Waals surface area contributed by atoms with E-state index in [9.17, 15) is 14.4 Å². The zero-order valence-corrected chi connectivity index (χ0v) is 17.5. The maximum Gasteiger partial charge on any atom is 0.314 e. The summed E-state index contributed by atoms with van der Waals surface area (Å²) in [4.78, 5) is 33.2. The van der Waals surface area contributed by atoms with Crippen LogP contribution in [0.3, 0.4) is 0 Å². The molecular formula is C22H40O5. The molecule has 0 saturated carbocycles. The maximum atomic E-state index is 11.6. The highest BCUT2D eigenvalue weighted by atomic mass is 16.6. The average molecular weight is 385 g/mol. The Kier molecular flexibility index (Phi) is 17.1. The van der Waals surface area contributed by atoms with Crippen molar-refractivity contribution >= 4 is 17.9 Å². The number of ether oxygens (including phenoxy) is 1. The Morgan fingerprint density at radius 3 is 1.78 bits per heavy atom. The summed E-state index contributed by atoms with van der Waals surface area (Å²) in [6.45, 7) is 4.47. The molecule has 0 fully saturated rings. The van der Waals surface area contributed by atoms with Crippen LogP contribution in [0.4, 0.5) is 0 Å². The second-order valence-corrected chi connectivity index (χ2v) is 7.52. The summed E-state index contributed by atoms with van der Waals surface area (Å²) >= 11 is 0. The van der Waals surface area contributed by atoms with E-state index in [1.807, 2.05) is 0 Å². The molecule has 0 saturated heterocycles. The summed E-state index contributed by atoms with van der Waals surface area (Å²) in [6, 6.07) is 0. The second kappa shape index (κ2) is 18.0. The van der Waals surface area contributed by atoms with Gasteiger partial charge in [0.05, 0.1) is 12.8 Å². The highest BCUT2D eigenvalue weighted by molar-refractivity contribution is 5.86. The highest BCUT2D eigenvalue weighted by Crippen LogP contribution is 2.21. The summed E-state index contributed by atoms with van der Waals surface area (Å²) in [5.74, 6) is -1.63. The van der Waals surface area contributed by atoms with Crippen molar-refractivity contribution in [2.75, 3.05) is 0 Å². The third kappa shape index (κ3) is 17.8. The van der Waals surface area contributed by atoms with E-state index >= 15 is 0 Å². The molecule has 27 heavy (non-hydrogen) atoms. The molecule has 0 aromatic heterocycles. The van der Waals surface area contributed by atoms with Crippen LogP contribution in [0, 0.1) is 5.92 Å². The molecule has 0 spiro atoms. The first kappa shape index (κ1) is 25.6. The van der Waals surface area contributed by atoms with Gasteiger partial charge in [0.15, 0.2) is 0 Å². The van der Waals surface area contributed by atoms with Crippen molar-refractivity contribution in [1.29, 1.82) is 0 Å². The number of carboxylic acids is 1. The van der Waals surface area contributed by atoms with E-state index in [2.05, 4.69) is 18.6 Å². The predicted octanol–water partition coefficient (Wildman–Crippen LogP) is 6.04. The van der Waals surface area contributed by atoms with Crippen LogP contribution >= 0.6 is 0 Å². The van der Waals surface area contributed by atoms with Gasteiger partial charge in [0.25, 0.3) is 0 Å². The SMILES string of the molecule is CCCCCCCCCCC(CC)CCCCC(=O)OC(=O)CCC(=O)O. The molecule has 0 bridgehead atoms. The molecule has 5 nitrogen and oxygen atoms in total. The zero-order valence-electron chi connectivity index (χ0n) is 17.5. The van der Waals surface area contributed by atoms with E-state index in [1.54, 1.807) is 0 Å². The Labute approximate surface area is 165 Å². The van der Waals surface area contributed by atoms with Gasteiger partial charge in [-0.1, -0.05) is 90.9 Å². The van der Waals surface area contributed by atoms with Gasteiger partial charge in [0.2, 0.25) is 0 Å². The largest absolute Gasteiger partial charge is 0.481 e. The number of hydrogen-bond donors (Lipinski definition) is 1. The van der Waals surface area contributed by atoms with Crippen molar-refractivity contribution in [3.8, 4) is 0 Å². The number of rotatable bonds is 18. The van der Waals surface area contributed by atoms with Crippen LogP contribution in [0.2, 0.25) is 0 Å². The van der Waals surface area contributed by atoms with Crippen LogP contribution in [-0.4, -0.2) is 23.0 Å². The number of hydrogen-bond acceptors (Lipinski definition) is 4. The van der Waals surface area contributed by atoms with Crippen molar-refractivity contribution in [3.05, 3.63) is 0 Å². The van der Waals surface area contributed by atoms with Crippen molar-refractivity contribution < 1.29 is 24.2 Å². The monoisotopic (exact) mass is 384 g/mol. The summed E-state index contributed by atoms with van der Waals surface area (Å²) in [7, 11) is 0. The van der Waals surface area contributed by atoms with Gasteiger partial charge in [0.1, 0.15) is 0 Å². The fraction of sp³-hybridized carbons (Fsp3) is 0.864. The maximum absolute atomic E-state index is 11.6. The first-order chi connectivity index (χ1) is 13.0. The number of aliphatic carboxylic acids is 1. The first-order valence-electron chi connectivity index (χ1n) is 10.9. The molecule has 1 atom stereocenters. The molecular weight excluding hydrogens is 344 g/mol. The molecule has 1 unspecified atom stereocenters. The van der Waals surface area contributed by atoms with E-state index in [-0.39, 0.29) is 19.3 Å². The summed E-state index contributed by atoms with van der Waals surface area (Å²) in [5, 5.41) is 8.49. The number of carbonyl (C=O) groups is 3. The zero-order chi connectivity index (χ0) is 20.3. The number of esters is 2. The summed E-state index contributed by atoms with van der Waals surface area (Å²) < 4.78 is 4.62. The van der Waals surface area contributed by atoms with E-state index in [0.717, 1.165) is 25.2 Å². The molecule has 0 aliphatic rings. The van der Waals surface area contributed by atoms with E-state index < -0.39 is 17.9 Å². The molecule has 5 heteroatoms. The summed E-state index contributed by atoms with van der Waals surface area (Å²) in [5.41, 5.74) is 0. The minimum atomic E-state index is -1.07. The van der Waals surface area contributed by atoms with Crippen LogP contribution in [0.5, 0.6) is 0 Å². The van der Waals surface area contributed by atoms with Crippen LogP contribution in [-0.2, 0) is 19.1 Å². The van der Waals surface area contributed by atoms with Gasteiger partial charge in [-0.25, -0.2) is 0 Å². The first-order valence-corrected chi connectivity index (χ1v) is 10.9. The van der Waals surface area contributed by atoms with Gasteiger partial charge >= 0.3 is 17.9 Å². The fourth-order valence-electron chi connectivity index (χ4n) is 3.26. The number of carbonyl (C=O) groups excluding carboxylic acids is 2. The topological polar surface area (TPSA) is 80.7 Å². The number of unbranched alkanes of at least 4 members (excludes halogenated alkanes) is 8. The standard InChI is InChI=1S/C22H40O5/c1-3-5-6-7-8-9-10-11-14-19(4-2)15-12-13-16-21(25)27-22(26)18-17-20(23)24/h19H,3-18H2,1-2H3,(H,23,24). The molecule has 0 heterocycles. The smallest absolute Gasteiger partial charge is 0.314 e. The minimum absolute atomic E-state index is 0.229. The Bertz CT molecular complexity index is 406. The molecule has 0 aliphatic heterocycles. The Morgan fingerprint density at radius 1 is 0.704 bits per heavy atom. The van der Waals surface area contributed by atoms with Crippen molar-refractivity contribution in [3.63, 3.8) is 0 Å². The second-order valence-electron chi connectivity index (χ2n) is 7.52. The molecule has 0 aromatic rings. The molecule has 0 radical (unpaired) electrons. The van der Waals surface area contributed by atoms with E-state index in [1.165, 1.54) is 64.2 Å². The third-order valence-corrected chi connectivity index (χ3v) is 5.06.